The second-order valence-corrected chi connectivity index (χ2v) is 4.89. The van der Waals surface area contributed by atoms with E-state index in [1.54, 1.807) is 0 Å². The quantitative estimate of drug-likeness (QED) is 0.878. The van der Waals surface area contributed by atoms with Crippen molar-refractivity contribution in [2.45, 2.75) is 31.2 Å². The normalized spacial score (nSPS) is 25.9. The predicted octanol–water partition coefficient (Wildman–Crippen LogP) is 2.15. The molecule has 0 bridgehead atoms. The van der Waals surface area contributed by atoms with E-state index in [9.17, 15) is 0 Å². The number of nitrogens with one attached hydrogen (secondary N) is 1. The molecule has 74 valence electrons. The van der Waals surface area contributed by atoms with E-state index in [1.807, 2.05) is 6.20 Å². The van der Waals surface area contributed by atoms with Gasteiger partial charge >= 0.3 is 0 Å². The molecule has 1 aromatic rings. The van der Waals surface area contributed by atoms with Gasteiger partial charge in [-0.25, -0.2) is 9.97 Å². The van der Waals surface area contributed by atoms with Gasteiger partial charge in [0, 0.05) is 12.1 Å². The van der Waals surface area contributed by atoms with Crippen LogP contribution in [-0.4, -0.2) is 16.5 Å². The summed E-state index contributed by atoms with van der Waals surface area (Å²) in [5.41, 5.74) is 1.15. The maximum Gasteiger partial charge on any atom is 0.131 e. The summed E-state index contributed by atoms with van der Waals surface area (Å²) in [6, 6.07) is 0.449. The third-order valence-corrected chi connectivity index (χ3v) is 3.50. The van der Waals surface area contributed by atoms with Gasteiger partial charge in [-0.2, -0.15) is 0 Å². The molecule has 0 radical (unpaired) electrons. The molecule has 0 spiro atoms. The first-order valence-corrected chi connectivity index (χ1v) is 5.89. The van der Waals surface area contributed by atoms with Gasteiger partial charge in [-0.05, 0) is 41.7 Å². The van der Waals surface area contributed by atoms with E-state index >= 15 is 0 Å². The third kappa shape index (κ3) is 1.46. The topological polar surface area (TPSA) is 37.8 Å². The molecule has 3 nitrogen and oxygen atoms in total. The highest BCUT2D eigenvalue weighted by atomic mass is 79.9. The van der Waals surface area contributed by atoms with E-state index in [4.69, 9.17) is 0 Å². The molecule has 1 aromatic heterocycles. The number of hydrogen-bond donors (Lipinski definition) is 1. The lowest BCUT2D eigenvalue weighted by atomic mass is 10.0. The van der Waals surface area contributed by atoms with Gasteiger partial charge in [0.1, 0.15) is 5.82 Å². The Morgan fingerprint density at radius 2 is 2.14 bits per heavy atom. The Labute approximate surface area is 91.5 Å². The molecule has 2 heterocycles. The molecule has 0 amide bonds. The molecule has 2 fully saturated rings. The first-order valence-electron chi connectivity index (χ1n) is 5.10. The van der Waals surface area contributed by atoms with Crippen LogP contribution in [0.15, 0.2) is 10.7 Å². The molecule has 1 saturated heterocycles. The number of halogens is 1. The van der Waals surface area contributed by atoms with Crippen molar-refractivity contribution in [2.24, 2.45) is 0 Å². The molecule has 1 unspecified atom stereocenters. The summed E-state index contributed by atoms with van der Waals surface area (Å²) < 4.78 is 1.04. The van der Waals surface area contributed by atoms with E-state index in [2.05, 4.69) is 31.2 Å². The fourth-order valence-corrected chi connectivity index (χ4v) is 2.17. The van der Waals surface area contributed by atoms with Crippen LogP contribution in [-0.2, 0) is 0 Å². The first-order chi connectivity index (χ1) is 6.84. The third-order valence-electron chi connectivity index (χ3n) is 2.89. The average Bonchev–Trinajstić information content (AvgIpc) is 2.88. The number of hydrogen-bond acceptors (Lipinski definition) is 3. The highest BCUT2D eigenvalue weighted by molar-refractivity contribution is 9.10. The van der Waals surface area contributed by atoms with Crippen LogP contribution in [0, 0.1) is 0 Å². The molecule has 0 aromatic carbocycles. The van der Waals surface area contributed by atoms with Crippen molar-refractivity contribution in [1.82, 2.24) is 15.3 Å². The standard InChI is InChI=1S/C10H12BrN3/c11-7-5-13-10(6-1-2-6)14-9(7)8-3-4-12-8/h5-6,8,12H,1-4H2. The van der Waals surface area contributed by atoms with Crippen LogP contribution in [0.1, 0.15) is 42.7 Å². The van der Waals surface area contributed by atoms with Gasteiger partial charge in [0.2, 0.25) is 0 Å². The van der Waals surface area contributed by atoms with E-state index in [-0.39, 0.29) is 0 Å². The van der Waals surface area contributed by atoms with Crippen molar-refractivity contribution in [2.75, 3.05) is 6.54 Å². The molecule has 1 saturated carbocycles. The highest BCUT2D eigenvalue weighted by Gasteiger charge is 2.29. The minimum absolute atomic E-state index is 0.449. The van der Waals surface area contributed by atoms with Gasteiger partial charge in [-0.15, -0.1) is 0 Å². The second-order valence-electron chi connectivity index (χ2n) is 4.03. The van der Waals surface area contributed by atoms with E-state index < -0.39 is 0 Å². The second kappa shape index (κ2) is 3.28. The minimum atomic E-state index is 0.449. The zero-order valence-corrected chi connectivity index (χ0v) is 9.42. The summed E-state index contributed by atoms with van der Waals surface area (Å²) >= 11 is 3.51. The molecule has 14 heavy (non-hydrogen) atoms. The molecule has 1 atom stereocenters. The zero-order valence-electron chi connectivity index (χ0n) is 7.83. The van der Waals surface area contributed by atoms with Crippen LogP contribution < -0.4 is 5.32 Å². The lowest BCUT2D eigenvalue weighted by molar-refractivity contribution is 0.372. The van der Waals surface area contributed by atoms with Crippen LogP contribution in [0.5, 0.6) is 0 Å². The summed E-state index contributed by atoms with van der Waals surface area (Å²) in [4.78, 5) is 8.99. The van der Waals surface area contributed by atoms with E-state index in [1.165, 1.54) is 19.3 Å². The average molecular weight is 254 g/mol. The van der Waals surface area contributed by atoms with E-state index in [0.29, 0.717) is 12.0 Å². The zero-order chi connectivity index (χ0) is 9.54. The Hall–Kier alpha value is -0.480. The maximum absolute atomic E-state index is 4.64. The fraction of sp³-hybridized carbons (Fsp3) is 0.600. The van der Waals surface area contributed by atoms with Crippen molar-refractivity contribution in [3.63, 3.8) is 0 Å². The fourth-order valence-electron chi connectivity index (χ4n) is 1.70. The van der Waals surface area contributed by atoms with Crippen molar-refractivity contribution in [3.8, 4) is 0 Å². The Bertz CT molecular complexity index is 358. The summed E-state index contributed by atoms with van der Waals surface area (Å²) in [5.74, 6) is 1.68. The van der Waals surface area contributed by atoms with Crippen LogP contribution in [0.4, 0.5) is 0 Å². The number of rotatable bonds is 2. The Kier molecular flexibility index (Phi) is 2.06. The van der Waals surface area contributed by atoms with Crippen molar-refractivity contribution >= 4 is 15.9 Å². The van der Waals surface area contributed by atoms with Gasteiger partial charge in [0.15, 0.2) is 0 Å². The Morgan fingerprint density at radius 1 is 1.36 bits per heavy atom. The monoisotopic (exact) mass is 253 g/mol. The van der Waals surface area contributed by atoms with Gasteiger partial charge in [-0.1, -0.05) is 0 Å². The Morgan fingerprint density at radius 3 is 2.71 bits per heavy atom. The number of nitrogens with zero attached hydrogens (tertiary/aromatic N) is 2. The molecule has 2 aliphatic rings. The molecule has 1 N–H and O–H groups in total. The molecular formula is C10H12BrN3. The lowest BCUT2D eigenvalue weighted by Gasteiger charge is -2.27. The van der Waals surface area contributed by atoms with Gasteiger partial charge < -0.3 is 5.32 Å². The summed E-state index contributed by atoms with van der Waals surface area (Å²) in [6.07, 6.45) is 5.62. The molecular weight excluding hydrogens is 242 g/mol. The minimum Gasteiger partial charge on any atom is -0.308 e. The Balaban J connectivity index is 1.94. The lowest BCUT2D eigenvalue weighted by Crippen LogP contribution is -2.36. The predicted molar refractivity (Wildman–Crippen MR) is 57.1 cm³/mol. The van der Waals surface area contributed by atoms with Crippen molar-refractivity contribution < 1.29 is 0 Å². The summed E-state index contributed by atoms with van der Waals surface area (Å²) in [7, 11) is 0. The highest BCUT2D eigenvalue weighted by Crippen LogP contribution is 2.39. The molecule has 1 aliphatic heterocycles. The van der Waals surface area contributed by atoms with E-state index in [0.717, 1.165) is 22.5 Å². The van der Waals surface area contributed by atoms with Gasteiger partial charge in [-0.3, -0.25) is 0 Å². The first kappa shape index (κ1) is 8.80. The van der Waals surface area contributed by atoms with Crippen LogP contribution in [0.25, 0.3) is 0 Å². The smallest absolute Gasteiger partial charge is 0.131 e. The molecule has 3 rings (SSSR count). The van der Waals surface area contributed by atoms with Gasteiger partial charge in [0.25, 0.3) is 0 Å². The van der Waals surface area contributed by atoms with Crippen molar-refractivity contribution in [3.05, 3.63) is 22.2 Å². The largest absolute Gasteiger partial charge is 0.308 e. The summed E-state index contributed by atoms with van der Waals surface area (Å²) in [6.45, 7) is 1.11. The van der Waals surface area contributed by atoms with Gasteiger partial charge in [0.05, 0.1) is 16.2 Å². The molecule has 4 heteroatoms. The van der Waals surface area contributed by atoms with Crippen LogP contribution in [0.3, 0.4) is 0 Å². The van der Waals surface area contributed by atoms with Crippen molar-refractivity contribution in [1.29, 1.82) is 0 Å². The summed E-state index contributed by atoms with van der Waals surface area (Å²) in [5, 5.41) is 3.37. The number of aromatic nitrogens is 2. The van der Waals surface area contributed by atoms with Crippen LogP contribution >= 0.6 is 15.9 Å². The maximum atomic E-state index is 4.64. The SMILES string of the molecule is Brc1cnc(C2CC2)nc1C1CCN1. The van der Waals surface area contributed by atoms with Crippen LogP contribution in [0.2, 0.25) is 0 Å². The molecule has 1 aliphatic carbocycles.